The van der Waals surface area contributed by atoms with Crippen molar-refractivity contribution < 1.29 is 14.3 Å². The van der Waals surface area contributed by atoms with Crippen molar-refractivity contribution in [2.75, 3.05) is 6.67 Å². The van der Waals surface area contributed by atoms with Gasteiger partial charge in [0.2, 0.25) is 0 Å². The van der Waals surface area contributed by atoms with Crippen LogP contribution in [0.25, 0.3) is 10.9 Å². The summed E-state index contributed by atoms with van der Waals surface area (Å²) in [4.78, 5) is 10.6. The van der Waals surface area contributed by atoms with E-state index in [-0.39, 0.29) is 6.42 Å². The van der Waals surface area contributed by atoms with E-state index < -0.39 is 12.6 Å². The van der Waals surface area contributed by atoms with Gasteiger partial charge in [0, 0.05) is 23.5 Å². The maximum Gasteiger partial charge on any atom is 0.303 e. The topological polar surface area (TPSA) is 42.2 Å². The first-order chi connectivity index (χ1) is 8.22. The molecule has 0 saturated heterocycles. The maximum atomic E-state index is 12.4. The van der Waals surface area contributed by atoms with Gasteiger partial charge in [-0.2, -0.15) is 0 Å². The Labute approximate surface area is 98.5 Å². The van der Waals surface area contributed by atoms with E-state index in [0.29, 0.717) is 13.0 Å². The highest BCUT2D eigenvalue weighted by molar-refractivity contribution is 5.84. The van der Waals surface area contributed by atoms with E-state index in [4.69, 9.17) is 5.11 Å². The molecule has 0 aliphatic heterocycles. The molecule has 1 N–H and O–H groups in total. The van der Waals surface area contributed by atoms with E-state index in [1.165, 1.54) is 0 Å². The summed E-state index contributed by atoms with van der Waals surface area (Å²) in [7, 11) is 0. The molecule has 0 aliphatic carbocycles. The Morgan fingerprint density at radius 2 is 2.12 bits per heavy atom. The van der Waals surface area contributed by atoms with E-state index in [0.717, 1.165) is 16.5 Å². The number of aliphatic carboxylic acids is 1. The molecule has 1 aromatic heterocycles. The zero-order valence-corrected chi connectivity index (χ0v) is 9.40. The fraction of sp³-hybridized carbons (Fsp3) is 0.308. The molecule has 0 spiro atoms. The summed E-state index contributed by atoms with van der Waals surface area (Å²) in [5.74, 6) is -0.813. The van der Waals surface area contributed by atoms with Gasteiger partial charge in [-0.05, 0) is 18.1 Å². The molecule has 0 atom stereocenters. The molecular formula is C13H14FNO2. The lowest BCUT2D eigenvalue weighted by Crippen LogP contribution is -1.98. The van der Waals surface area contributed by atoms with Crippen LogP contribution in [0.4, 0.5) is 4.39 Å². The number of fused-ring (bicyclic) bond motifs is 1. The van der Waals surface area contributed by atoms with Crippen LogP contribution in [0, 0.1) is 0 Å². The molecule has 2 rings (SSSR count). The number of aryl methyl sites for hydroxylation is 2. The van der Waals surface area contributed by atoms with Crippen molar-refractivity contribution in [1.82, 2.24) is 4.57 Å². The van der Waals surface area contributed by atoms with Crippen molar-refractivity contribution in [2.45, 2.75) is 19.4 Å². The Hall–Kier alpha value is -1.84. The van der Waals surface area contributed by atoms with Crippen molar-refractivity contribution in [1.29, 1.82) is 0 Å². The van der Waals surface area contributed by atoms with Gasteiger partial charge in [-0.1, -0.05) is 18.2 Å². The number of rotatable bonds is 5. The average molecular weight is 235 g/mol. The van der Waals surface area contributed by atoms with Gasteiger partial charge >= 0.3 is 5.97 Å². The third-order valence-corrected chi connectivity index (χ3v) is 2.80. The summed E-state index contributed by atoms with van der Waals surface area (Å²) >= 11 is 0. The van der Waals surface area contributed by atoms with E-state index in [9.17, 15) is 9.18 Å². The van der Waals surface area contributed by atoms with Crippen LogP contribution in [-0.2, 0) is 17.8 Å². The van der Waals surface area contributed by atoms with Gasteiger partial charge in [0.05, 0.1) is 6.54 Å². The minimum Gasteiger partial charge on any atom is -0.481 e. The van der Waals surface area contributed by atoms with Crippen LogP contribution >= 0.6 is 0 Å². The minimum atomic E-state index is -0.813. The number of benzene rings is 1. The van der Waals surface area contributed by atoms with Crippen molar-refractivity contribution >= 4 is 16.9 Å². The summed E-state index contributed by atoms with van der Waals surface area (Å²) in [5, 5.41) is 9.71. The van der Waals surface area contributed by atoms with E-state index in [1.54, 1.807) is 0 Å². The van der Waals surface area contributed by atoms with Gasteiger partial charge in [0.1, 0.15) is 6.67 Å². The van der Waals surface area contributed by atoms with E-state index >= 15 is 0 Å². The van der Waals surface area contributed by atoms with Crippen molar-refractivity contribution in [3.8, 4) is 0 Å². The Morgan fingerprint density at radius 1 is 1.35 bits per heavy atom. The van der Waals surface area contributed by atoms with Crippen LogP contribution in [0.1, 0.15) is 12.0 Å². The molecule has 0 fully saturated rings. The first kappa shape index (κ1) is 11.6. The molecule has 4 heteroatoms. The molecule has 0 bridgehead atoms. The normalized spacial score (nSPS) is 10.9. The standard InChI is InChI=1S/C13H14FNO2/c14-7-8-15-9-10(5-6-13(16)17)11-3-1-2-4-12(11)15/h1-4,9H,5-8H2,(H,16,17). The second kappa shape index (κ2) is 4.99. The highest BCUT2D eigenvalue weighted by Gasteiger charge is 2.09. The van der Waals surface area contributed by atoms with Gasteiger partial charge in [-0.25, -0.2) is 4.39 Å². The number of carboxylic acids is 1. The highest BCUT2D eigenvalue weighted by atomic mass is 19.1. The molecule has 17 heavy (non-hydrogen) atoms. The second-order valence-electron chi connectivity index (χ2n) is 3.95. The number of halogens is 1. The minimum absolute atomic E-state index is 0.101. The molecule has 3 nitrogen and oxygen atoms in total. The first-order valence-electron chi connectivity index (χ1n) is 5.57. The molecule has 0 aliphatic rings. The predicted octanol–water partition coefficient (Wildman–Crippen LogP) is 2.63. The maximum absolute atomic E-state index is 12.4. The Morgan fingerprint density at radius 3 is 2.82 bits per heavy atom. The monoisotopic (exact) mass is 235 g/mol. The summed E-state index contributed by atoms with van der Waals surface area (Å²) in [6.45, 7) is -0.107. The van der Waals surface area contributed by atoms with Crippen molar-refractivity contribution in [2.24, 2.45) is 0 Å². The number of hydrogen-bond donors (Lipinski definition) is 1. The number of aromatic nitrogens is 1. The lowest BCUT2D eigenvalue weighted by Gasteiger charge is -1.99. The van der Waals surface area contributed by atoms with Crippen LogP contribution in [0.2, 0.25) is 0 Å². The summed E-state index contributed by atoms with van der Waals surface area (Å²) in [6.07, 6.45) is 2.44. The van der Waals surface area contributed by atoms with Crippen LogP contribution in [0.15, 0.2) is 30.5 Å². The Balaban J connectivity index is 2.37. The molecule has 0 amide bonds. The zero-order chi connectivity index (χ0) is 12.3. The van der Waals surface area contributed by atoms with E-state index in [1.807, 2.05) is 35.0 Å². The van der Waals surface area contributed by atoms with Gasteiger partial charge < -0.3 is 9.67 Å². The lowest BCUT2D eigenvalue weighted by atomic mass is 10.1. The van der Waals surface area contributed by atoms with Crippen LogP contribution in [-0.4, -0.2) is 22.3 Å². The SMILES string of the molecule is O=C(O)CCc1cn(CCF)c2ccccc12. The number of hydrogen-bond acceptors (Lipinski definition) is 1. The molecule has 90 valence electrons. The van der Waals surface area contributed by atoms with Crippen LogP contribution < -0.4 is 0 Å². The number of carboxylic acid groups (broad SMARTS) is 1. The molecule has 1 aromatic carbocycles. The van der Waals surface area contributed by atoms with Crippen molar-refractivity contribution in [3.05, 3.63) is 36.0 Å². The summed E-state index contributed by atoms with van der Waals surface area (Å²) < 4.78 is 14.3. The van der Waals surface area contributed by atoms with Crippen LogP contribution in [0.5, 0.6) is 0 Å². The number of alkyl halides is 1. The smallest absolute Gasteiger partial charge is 0.303 e. The average Bonchev–Trinajstić information content (AvgIpc) is 2.66. The molecule has 0 saturated carbocycles. The second-order valence-corrected chi connectivity index (χ2v) is 3.95. The molecule has 2 aromatic rings. The largest absolute Gasteiger partial charge is 0.481 e. The molecule has 0 unspecified atom stereocenters. The number of nitrogens with zero attached hydrogens (tertiary/aromatic N) is 1. The Bertz CT molecular complexity index is 533. The summed E-state index contributed by atoms with van der Waals surface area (Å²) in [5.41, 5.74) is 1.93. The molecule has 1 heterocycles. The van der Waals surface area contributed by atoms with Gasteiger partial charge in [0.25, 0.3) is 0 Å². The first-order valence-corrected chi connectivity index (χ1v) is 5.57. The third-order valence-electron chi connectivity index (χ3n) is 2.80. The zero-order valence-electron chi connectivity index (χ0n) is 9.40. The quantitative estimate of drug-likeness (QED) is 0.865. The van der Waals surface area contributed by atoms with E-state index in [2.05, 4.69) is 0 Å². The fourth-order valence-electron chi connectivity index (χ4n) is 2.04. The van der Waals surface area contributed by atoms with Crippen LogP contribution in [0.3, 0.4) is 0 Å². The summed E-state index contributed by atoms with van der Waals surface area (Å²) in [6, 6.07) is 7.68. The van der Waals surface area contributed by atoms with Gasteiger partial charge in [-0.15, -0.1) is 0 Å². The molecule has 0 radical (unpaired) electrons. The highest BCUT2D eigenvalue weighted by Crippen LogP contribution is 2.22. The predicted molar refractivity (Wildman–Crippen MR) is 63.9 cm³/mol. The Kier molecular flexibility index (Phi) is 3.42. The number of para-hydroxylation sites is 1. The third kappa shape index (κ3) is 2.46. The number of carbonyl (C=O) groups is 1. The lowest BCUT2D eigenvalue weighted by molar-refractivity contribution is -0.136. The van der Waals surface area contributed by atoms with Gasteiger partial charge in [0.15, 0.2) is 0 Å². The fourth-order valence-corrected chi connectivity index (χ4v) is 2.04. The molecular weight excluding hydrogens is 221 g/mol. The van der Waals surface area contributed by atoms with Gasteiger partial charge in [-0.3, -0.25) is 4.79 Å². The van der Waals surface area contributed by atoms with Crippen molar-refractivity contribution in [3.63, 3.8) is 0 Å².